The smallest absolute Gasteiger partial charge is 0.230 e. The minimum atomic E-state index is -0.339. The van der Waals surface area contributed by atoms with Crippen LogP contribution < -0.4 is 10.1 Å². The second-order valence-corrected chi connectivity index (χ2v) is 8.34. The van der Waals surface area contributed by atoms with Crippen LogP contribution in [0.25, 0.3) is 0 Å². The zero-order valence-corrected chi connectivity index (χ0v) is 19.1. The Balaban J connectivity index is 1.63. The van der Waals surface area contributed by atoms with Gasteiger partial charge in [0, 0.05) is 18.1 Å². The molecule has 3 rings (SSSR count). The summed E-state index contributed by atoms with van der Waals surface area (Å²) in [6.45, 7) is 8.69. The van der Waals surface area contributed by atoms with E-state index in [1.165, 1.54) is 11.8 Å². The summed E-state index contributed by atoms with van der Waals surface area (Å²) < 4.78 is 8.01. The first-order chi connectivity index (χ1) is 15.0. The number of allylic oxidation sites excluding steroid dienone is 1. The first-order valence-electron chi connectivity index (χ1n) is 9.88. The fourth-order valence-electron chi connectivity index (χ4n) is 2.97. The van der Waals surface area contributed by atoms with E-state index in [-0.39, 0.29) is 17.8 Å². The molecule has 1 heterocycles. The summed E-state index contributed by atoms with van der Waals surface area (Å²) in [4.78, 5) is 12.3. The van der Waals surface area contributed by atoms with Gasteiger partial charge in [-0.05, 0) is 43.2 Å². The number of nitrogens with one attached hydrogen (secondary N) is 1. The number of carbonyl (C=O) groups excluding carboxylic acids is 1. The number of ether oxygens (including phenoxy) is 1. The van der Waals surface area contributed by atoms with Gasteiger partial charge in [0.15, 0.2) is 17.1 Å². The molecule has 1 amide bonds. The van der Waals surface area contributed by atoms with Crippen molar-refractivity contribution in [2.24, 2.45) is 0 Å². The molecule has 0 saturated heterocycles. The topological polar surface area (TPSA) is 69.0 Å². The quantitative estimate of drug-likeness (QED) is 0.344. The normalized spacial score (nSPS) is 11.7. The molecule has 3 aromatic rings. The van der Waals surface area contributed by atoms with Crippen LogP contribution in [0.1, 0.15) is 30.0 Å². The van der Waals surface area contributed by atoms with Crippen molar-refractivity contribution >= 4 is 29.3 Å². The maximum absolute atomic E-state index is 12.3. The lowest BCUT2D eigenvalue weighted by Gasteiger charge is -2.17. The van der Waals surface area contributed by atoms with Crippen LogP contribution in [0.3, 0.4) is 0 Å². The largest absolute Gasteiger partial charge is 0.482 e. The van der Waals surface area contributed by atoms with Crippen LogP contribution in [0.2, 0.25) is 5.02 Å². The molecule has 0 fully saturated rings. The van der Waals surface area contributed by atoms with Crippen molar-refractivity contribution in [1.82, 2.24) is 20.1 Å². The summed E-state index contributed by atoms with van der Waals surface area (Å²) in [6.07, 6.45) is 1.43. The number of halogens is 1. The van der Waals surface area contributed by atoms with Gasteiger partial charge >= 0.3 is 0 Å². The molecule has 31 heavy (non-hydrogen) atoms. The highest BCUT2D eigenvalue weighted by atomic mass is 35.5. The zero-order valence-electron chi connectivity index (χ0n) is 17.5. The molecule has 162 valence electrons. The maximum atomic E-state index is 12.3. The molecule has 1 atom stereocenters. The van der Waals surface area contributed by atoms with Crippen molar-refractivity contribution in [2.45, 2.75) is 38.2 Å². The SMILES string of the molecule is C=CCn1c(SCC(=O)NCc2ccccc2)nnc1C(C)Oc1ccc(Cl)cc1C. The summed E-state index contributed by atoms with van der Waals surface area (Å²) in [7, 11) is 0. The van der Waals surface area contributed by atoms with E-state index in [1.54, 1.807) is 12.1 Å². The highest BCUT2D eigenvalue weighted by molar-refractivity contribution is 7.99. The van der Waals surface area contributed by atoms with Crippen molar-refractivity contribution < 1.29 is 9.53 Å². The monoisotopic (exact) mass is 456 g/mol. The van der Waals surface area contributed by atoms with Crippen LogP contribution in [0.5, 0.6) is 5.75 Å². The molecular formula is C23H25ClN4O2S. The van der Waals surface area contributed by atoms with E-state index < -0.39 is 0 Å². The van der Waals surface area contributed by atoms with E-state index in [9.17, 15) is 4.79 Å². The van der Waals surface area contributed by atoms with Crippen LogP contribution in [0, 0.1) is 6.92 Å². The number of benzene rings is 2. The Kier molecular flexibility index (Phi) is 8.14. The molecule has 1 unspecified atom stereocenters. The van der Waals surface area contributed by atoms with E-state index >= 15 is 0 Å². The fourth-order valence-corrected chi connectivity index (χ4v) is 3.99. The summed E-state index contributed by atoms with van der Waals surface area (Å²) in [5, 5.41) is 12.8. The van der Waals surface area contributed by atoms with Crippen LogP contribution in [0.15, 0.2) is 66.3 Å². The van der Waals surface area contributed by atoms with Crippen LogP contribution in [-0.2, 0) is 17.9 Å². The highest BCUT2D eigenvalue weighted by Gasteiger charge is 2.20. The third-order valence-electron chi connectivity index (χ3n) is 4.53. The Morgan fingerprint density at radius 1 is 1.29 bits per heavy atom. The molecule has 0 aliphatic heterocycles. The van der Waals surface area contributed by atoms with E-state index in [0.29, 0.717) is 29.1 Å². The molecule has 0 spiro atoms. The number of nitrogens with zero attached hydrogens (tertiary/aromatic N) is 3. The van der Waals surface area contributed by atoms with Crippen LogP contribution in [0.4, 0.5) is 0 Å². The molecule has 0 aliphatic carbocycles. The summed E-state index contributed by atoms with van der Waals surface area (Å²) in [5.41, 5.74) is 2.00. The predicted octanol–water partition coefficient (Wildman–Crippen LogP) is 4.97. The molecule has 0 saturated carbocycles. The summed E-state index contributed by atoms with van der Waals surface area (Å²) in [6, 6.07) is 15.3. The van der Waals surface area contributed by atoms with Gasteiger partial charge in [0.05, 0.1) is 5.75 Å². The number of aryl methyl sites for hydroxylation is 1. The standard InChI is InChI=1S/C23H25ClN4O2S/c1-4-12-28-22(17(3)30-20-11-10-19(24)13-16(20)2)26-27-23(28)31-15-21(29)25-14-18-8-6-5-7-9-18/h4-11,13,17H,1,12,14-15H2,2-3H3,(H,25,29). The predicted molar refractivity (Wildman–Crippen MR) is 124 cm³/mol. The fraction of sp³-hybridized carbons (Fsp3) is 0.261. The van der Waals surface area contributed by atoms with Gasteiger partial charge in [0.25, 0.3) is 0 Å². The minimum Gasteiger partial charge on any atom is -0.482 e. The average Bonchev–Trinajstić information content (AvgIpc) is 3.16. The molecule has 0 bridgehead atoms. The first kappa shape index (κ1) is 22.9. The Labute approximate surface area is 191 Å². The average molecular weight is 457 g/mol. The number of amides is 1. The van der Waals surface area contributed by atoms with Crippen molar-refractivity contribution in [3.05, 3.63) is 83.2 Å². The molecule has 0 radical (unpaired) electrons. The number of thioether (sulfide) groups is 1. The highest BCUT2D eigenvalue weighted by Crippen LogP contribution is 2.28. The van der Waals surface area contributed by atoms with Gasteiger partial charge in [0.2, 0.25) is 5.91 Å². The number of hydrogen-bond donors (Lipinski definition) is 1. The molecule has 1 N–H and O–H groups in total. The number of hydrogen-bond acceptors (Lipinski definition) is 5. The Bertz CT molecular complexity index is 1040. The number of rotatable bonds is 10. The lowest BCUT2D eigenvalue weighted by molar-refractivity contribution is -0.118. The van der Waals surface area contributed by atoms with Gasteiger partial charge < -0.3 is 10.1 Å². The third kappa shape index (κ3) is 6.35. The van der Waals surface area contributed by atoms with E-state index in [1.807, 2.05) is 60.9 Å². The summed E-state index contributed by atoms with van der Waals surface area (Å²) >= 11 is 7.37. The van der Waals surface area contributed by atoms with Gasteiger partial charge in [-0.3, -0.25) is 9.36 Å². The molecule has 6 nitrogen and oxygen atoms in total. The summed E-state index contributed by atoms with van der Waals surface area (Å²) in [5.74, 6) is 1.58. The Hall–Kier alpha value is -2.77. The molecule has 8 heteroatoms. The molecule has 2 aromatic carbocycles. The van der Waals surface area contributed by atoms with Gasteiger partial charge in [0.1, 0.15) is 5.75 Å². The molecular weight excluding hydrogens is 432 g/mol. The zero-order chi connectivity index (χ0) is 22.2. The number of aromatic nitrogens is 3. The van der Waals surface area contributed by atoms with Gasteiger partial charge in [-0.25, -0.2) is 0 Å². The van der Waals surface area contributed by atoms with E-state index in [2.05, 4.69) is 22.1 Å². The van der Waals surface area contributed by atoms with Crippen molar-refractivity contribution in [1.29, 1.82) is 0 Å². The van der Waals surface area contributed by atoms with E-state index in [4.69, 9.17) is 16.3 Å². The second kappa shape index (κ2) is 11.0. The van der Waals surface area contributed by atoms with Crippen molar-refractivity contribution in [3.8, 4) is 5.75 Å². The molecule has 0 aliphatic rings. The van der Waals surface area contributed by atoms with Gasteiger partial charge in [-0.2, -0.15) is 0 Å². The minimum absolute atomic E-state index is 0.0651. The lowest BCUT2D eigenvalue weighted by atomic mass is 10.2. The first-order valence-corrected chi connectivity index (χ1v) is 11.2. The van der Waals surface area contributed by atoms with Gasteiger partial charge in [-0.1, -0.05) is 59.8 Å². The van der Waals surface area contributed by atoms with Gasteiger partial charge in [-0.15, -0.1) is 16.8 Å². The molecule has 1 aromatic heterocycles. The third-order valence-corrected chi connectivity index (χ3v) is 5.73. The number of carbonyl (C=O) groups is 1. The van der Waals surface area contributed by atoms with Crippen molar-refractivity contribution in [3.63, 3.8) is 0 Å². The van der Waals surface area contributed by atoms with Crippen molar-refractivity contribution in [2.75, 3.05) is 5.75 Å². The Morgan fingerprint density at radius 2 is 2.06 bits per heavy atom. The van der Waals surface area contributed by atoms with Crippen LogP contribution >= 0.6 is 23.4 Å². The maximum Gasteiger partial charge on any atom is 0.230 e. The Morgan fingerprint density at radius 3 is 2.77 bits per heavy atom. The van der Waals surface area contributed by atoms with Crippen LogP contribution in [-0.4, -0.2) is 26.4 Å². The lowest BCUT2D eigenvalue weighted by Crippen LogP contribution is -2.24. The van der Waals surface area contributed by atoms with E-state index in [0.717, 1.165) is 16.9 Å². The second-order valence-electron chi connectivity index (χ2n) is 6.96.